The van der Waals surface area contributed by atoms with Gasteiger partial charge in [0.25, 0.3) is 0 Å². The lowest BCUT2D eigenvalue weighted by Crippen LogP contribution is -1.95. The molecule has 0 fully saturated rings. The Balaban J connectivity index is 2.34. The van der Waals surface area contributed by atoms with Gasteiger partial charge in [-0.05, 0) is 17.7 Å². The molecule has 4 heteroatoms. The molecule has 0 saturated heterocycles. The molecular formula is C12H14O4. The largest absolute Gasteiger partial charge is 0.497 e. The lowest BCUT2D eigenvalue weighted by molar-refractivity contribution is -0.131. The maximum Gasteiger partial charge on any atom is 0.328 e. The van der Waals surface area contributed by atoms with Gasteiger partial charge in [0.1, 0.15) is 5.75 Å². The van der Waals surface area contributed by atoms with Crippen molar-refractivity contribution < 1.29 is 19.4 Å². The van der Waals surface area contributed by atoms with Gasteiger partial charge < -0.3 is 14.6 Å². The van der Waals surface area contributed by atoms with Crippen LogP contribution in [-0.2, 0) is 16.1 Å². The Morgan fingerprint density at radius 2 is 2.31 bits per heavy atom. The van der Waals surface area contributed by atoms with Crippen LogP contribution in [0.2, 0.25) is 0 Å². The fraction of sp³-hybridized carbons (Fsp3) is 0.250. The number of ether oxygens (including phenoxy) is 2. The standard InChI is InChI=1S/C12H14O4/c1-15-11-5-2-4-10(8-11)9-16-7-3-6-12(13)14/h2-6,8H,7,9H2,1H3,(H,13,14)/b6-3+. The van der Waals surface area contributed by atoms with Crippen LogP contribution in [0, 0.1) is 0 Å². The molecule has 0 saturated carbocycles. The van der Waals surface area contributed by atoms with Gasteiger partial charge in [-0.25, -0.2) is 4.79 Å². The van der Waals surface area contributed by atoms with E-state index >= 15 is 0 Å². The van der Waals surface area contributed by atoms with Crippen molar-refractivity contribution in [3.8, 4) is 5.75 Å². The van der Waals surface area contributed by atoms with Crippen LogP contribution in [0.15, 0.2) is 36.4 Å². The third kappa shape index (κ3) is 4.61. The number of hydrogen-bond donors (Lipinski definition) is 1. The van der Waals surface area contributed by atoms with Crippen LogP contribution in [0.25, 0.3) is 0 Å². The Hall–Kier alpha value is -1.81. The quantitative estimate of drug-likeness (QED) is 0.589. The summed E-state index contributed by atoms with van der Waals surface area (Å²) in [4.78, 5) is 10.2. The second-order valence-electron chi connectivity index (χ2n) is 3.11. The molecule has 0 bridgehead atoms. The summed E-state index contributed by atoms with van der Waals surface area (Å²) in [6.07, 6.45) is 2.52. The molecule has 1 rings (SSSR count). The number of benzene rings is 1. The summed E-state index contributed by atoms with van der Waals surface area (Å²) in [5, 5.41) is 8.34. The highest BCUT2D eigenvalue weighted by molar-refractivity contribution is 5.79. The summed E-state index contributed by atoms with van der Waals surface area (Å²) in [6, 6.07) is 7.53. The molecule has 0 aliphatic rings. The first-order chi connectivity index (χ1) is 7.72. The number of carboxylic acid groups (broad SMARTS) is 1. The molecule has 86 valence electrons. The van der Waals surface area contributed by atoms with E-state index in [1.807, 2.05) is 24.3 Å². The van der Waals surface area contributed by atoms with Gasteiger partial charge in [-0.1, -0.05) is 18.2 Å². The van der Waals surface area contributed by atoms with Crippen molar-refractivity contribution in [2.24, 2.45) is 0 Å². The number of methoxy groups -OCH3 is 1. The third-order valence-corrected chi connectivity index (χ3v) is 1.88. The monoisotopic (exact) mass is 222 g/mol. The summed E-state index contributed by atoms with van der Waals surface area (Å²) in [5.41, 5.74) is 0.989. The van der Waals surface area contributed by atoms with Crippen LogP contribution in [0.3, 0.4) is 0 Å². The van der Waals surface area contributed by atoms with E-state index in [-0.39, 0.29) is 6.61 Å². The maximum absolute atomic E-state index is 10.2. The number of rotatable bonds is 6. The minimum Gasteiger partial charge on any atom is -0.497 e. The average molecular weight is 222 g/mol. The van der Waals surface area contributed by atoms with Crippen LogP contribution in [-0.4, -0.2) is 24.8 Å². The van der Waals surface area contributed by atoms with Crippen molar-refractivity contribution in [3.63, 3.8) is 0 Å². The first-order valence-electron chi connectivity index (χ1n) is 4.82. The molecule has 0 aromatic heterocycles. The molecule has 0 heterocycles. The van der Waals surface area contributed by atoms with E-state index in [0.29, 0.717) is 6.61 Å². The zero-order chi connectivity index (χ0) is 11.8. The Kier molecular flexibility index (Phi) is 5.08. The molecule has 0 spiro atoms. The highest BCUT2D eigenvalue weighted by atomic mass is 16.5. The Bertz CT molecular complexity index is 371. The number of carbonyl (C=O) groups is 1. The predicted octanol–water partition coefficient (Wildman–Crippen LogP) is 1.85. The zero-order valence-electron chi connectivity index (χ0n) is 9.05. The van der Waals surface area contributed by atoms with E-state index in [4.69, 9.17) is 14.6 Å². The van der Waals surface area contributed by atoms with E-state index in [2.05, 4.69) is 0 Å². The third-order valence-electron chi connectivity index (χ3n) is 1.88. The fourth-order valence-corrected chi connectivity index (χ4v) is 1.16. The van der Waals surface area contributed by atoms with Crippen LogP contribution in [0.1, 0.15) is 5.56 Å². The van der Waals surface area contributed by atoms with Crippen LogP contribution in [0.5, 0.6) is 5.75 Å². The molecule has 0 aliphatic carbocycles. The number of hydrogen-bond acceptors (Lipinski definition) is 3. The smallest absolute Gasteiger partial charge is 0.328 e. The van der Waals surface area contributed by atoms with Crippen molar-refractivity contribution in [1.29, 1.82) is 0 Å². The molecule has 1 aromatic carbocycles. The van der Waals surface area contributed by atoms with Gasteiger partial charge in [0.15, 0.2) is 0 Å². The zero-order valence-corrected chi connectivity index (χ0v) is 9.05. The number of carboxylic acids is 1. The van der Waals surface area contributed by atoms with Crippen LogP contribution >= 0.6 is 0 Å². The van der Waals surface area contributed by atoms with Crippen LogP contribution < -0.4 is 4.74 Å². The molecule has 0 amide bonds. The highest BCUT2D eigenvalue weighted by Crippen LogP contribution is 2.12. The Morgan fingerprint density at radius 1 is 1.50 bits per heavy atom. The normalized spacial score (nSPS) is 10.6. The topological polar surface area (TPSA) is 55.8 Å². The fourth-order valence-electron chi connectivity index (χ4n) is 1.16. The lowest BCUT2D eigenvalue weighted by Gasteiger charge is -2.04. The Labute approximate surface area is 94.1 Å². The minimum absolute atomic E-state index is 0.281. The molecule has 1 aromatic rings. The predicted molar refractivity (Wildman–Crippen MR) is 59.4 cm³/mol. The van der Waals surface area contributed by atoms with Gasteiger partial charge in [-0.15, -0.1) is 0 Å². The summed E-state index contributed by atoms with van der Waals surface area (Å²) < 4.78 is 10.3. The minimum atomic E-state index is -0.968. The molecule has 16 heavy (non-hydrogen) atoms. The highest BCUT2D eigenvalue weighted by Gasteiger charge is 1.95. The van der Waals surface area contributed by atoms with E-state index in [1.165, 1.54) is 6.08 Å². The van der Waals surface area contributed by atoms with Gasteiger partial charge in [-0.2, -0.15) is 0 Å². The van der Waals surface area contributed by atoms with E-state index in [1.54, 1.807) is 7.11 Å². The molecule has 0 unspecified atom stereocenters. The van der Waals surface area contributed by atoms with Crippen molar-refractivity contribution >= 4 is 5.97 Å². The van der Waals surface area contributed by atoms with Gasteiger partial charge in [0.2, 0.25) is 0 Å². The molecular weight excluding hydrogens is 208 g/mol. The summed E-state index contributed by atoms with van der Waals surface area (Å²) in [5.74, 6) is -0.188. The first-order valence-corrected chi connectivity index (χ1v) is 4.82. The molecule has 0 aliphatic heterocycles. The second-order valence-corrected chi connectivity index (χ2v) is 3.11. The summed E-state index contributed by atoms with van der Waals surface area (Å²) in [7, 11) is 1.61. The average Bonchev–Trinajstić information content (AvgIpc) is 2.28. The van der Waals surface area contributed by atoms with Gasteiger partial charge in [0, 0.05) is 6.08 Å². The SMILES string of the molecule is COc1cccc(COC/C=C/C(=O)O)c1. The lowest BCUT2D eigenvalue weighted by atomic mass is 10.2. The molecule has 0 atom stereocenters. The van der Waals surface area contributed by atoms with Crippen molar-refractivity contribution in [2.45, 2.75) is 6.61 Å². The maximum atomic E-state index is 10.2. The van der Waals surface area contributed by atoms with Crippen molar-refractivity contribution in [3.05, 3.63) is 42.0 Å². The summed E-state index contributed by atoms with van der Waals surface area (Å²) in [6.45, 7) is 0.713. The first kappa shape index (κ1) is 12.3. The summed E-state index contributed by atoms with van der Waals surface area (Å²) >= 11 is 0. The molecule has 4 nitrogen and oxygen atoms in total. The van der Waals surface area contributed by atoms with E-state index in [0.717, 1.165) is 17.4 Å². The van der Waals surface area contributed by atoms with Crippen molar-refractivity contribution in [2.75, 3.05) is 13.7 Å². The number of aliphatic carboxylic acids is 1. The van der Waals surface area contributed by atoms with Gasteiger partial charge in [-0.3, -0.25) is 0 Å². The second kappa shape index (κ2) is 6.63. The Morgan fingerprint density at radius 3 is 3.00 bits per heavy atom. The van der Waals surface area contributed by atoms with Gasteiger partial charge >= 0.3 is 5.97 Å². The van der Waals surface area contributed by atoms with Gasteiger partial charge in [0.05, 0.1) is 20.3 Å². The molecule has 1 N–H and O–H groups in total. The molecule has 0 radical (unpaired) electrons. The van der Waals surface area contributed by atoms with Crippen molar-refractivity contribution in [1.82, 2.24) is 0 Å². The van der Waals surface area contributed by atoms with Crippen LogP contribution in [0.4, 0.5) is 0 Å². The van der Waals surface area contributed by atoms with E-state index in [9.17, 15) is 4.79 Å². The van der Waals surface area contributed by atoms with E-state index < -0.39 is 5.97 Å².